The summed E-state index contributed by atoms with van der Waals surface area (Å²) in [5, 5.41) is 0.442. The van der Waals surface area contributed by atoms with Crippen LogP contribution in [0.1, 0.15) is 32.2 Å². The lowest BCUT2D eigenvalue weighted by molar-refractivity contribution is 0.0991. The average Bonchev–Trinajstić information content (AvgIpc) is 3.53. The predicted molar refractivity (Wildman–Crippen MR) is 143 cm³/mol. The third-order valence-corrected chi connectivity index (χ3v) is 8.29. The minimum absolute atomic E-state index is 0.0190. The summed E-state index contributed by atoms with van der Waals surface area (Å²) in [7, 11) is 0.568. The number of aldehydes is 1. The van der Waals surface area contributed by atoms with Crippen molar-refractivity contribution in [2.75, 3.05) is 33.6 Å². The highest BCUT2D eigenvalue weighted by Crippen LogP contribution is 2.41. The molecule has 38 heavy (non-hydrogen) atoms. The van der Waals surface area contributed by atoms with Crippen molar-refractivity contribution in [2.24, 2.45) is 0 Å². The first-order valence-electron chi connectivity index (χ1n) is 11.3. The van der Waals surface area contributed by atoms with Crippen molar-refractivity contribution in [2.45, 2.75) is 12.8 Å². The molecule has 0 saturated carbocycles. The van der Waals surface area contributed by atoms with Crippen LogP contribution in [0.3, 0.4) is 0 Å². The number of rotatable bonds is 13. The van der Waals surface area contributed by atoms with E-state index in [9.17, 15) is 9.59 Å². The van der Waals surface area contributed by atoms with Crippen LogP contribution >= 0.6 is 31.0 Å². The summed E-state index contributed by atoms with van der Waals surface area (Å²) in [5.41, 5.74) is 0. The maximum Gasteiger partial charge on any atom is 0.197 e. The normalized spacial score (nSPS) is 11.3. The number of methoxy groups -OCH3 is 2. The van der Waals surface area contributed by atoms with Gasteiger partial charge >= 0.3 is 0 Å². The van der Waals surface area contributed by atoms with Crippen molar-refractivity contribution in [3.8, 4) is 23.0 Å². The zero-order valence-electron chi connectivity index (χ0n) is 20.3. The molecule has 8 nitrogen and oxygen atoms in total. The number of hydrogen-bond acceptors (Lipinski definition) is 10. The topological polar surface area (TPSA) is 112 Å². The number of ether oxygens (including phenoxy) is 4. The number of carbonyl (C=O) groups excluding carboxylic acids is 2. The lowest BCUT2D eigenvalue weighted by Gasteiger charge is -2.14. The first kappa shape index (κ1) is 28.1. The van der Waals surface area contributed by atoms with E-state index >= 15 is 8.78 Å². The van der Waals surface area contributed by atoms with Gasteiger partial charge in [-0.25, -0.2) is 8.78 Å². The van der Waals surface area contributed by atoms with Gasteiger partial charge in [-0.1, -0.05) is 0 Å². The lowest BCUT2D eigenvalue weighted by atomic mass is 10.2. The van der Waals surface area contributed by atoms with Gasteiger partial charge in [-0.15, -0.1) is 22.7 Å². The molecule has 13 heteroatoms. The molecule has 2 N–H and O–H groups in total. The van der Waals surface area contributed by atoms with Crippen LogP contribution in [0.5, 0.6) is 23.0 Å². The second-order valence-corrected chi connectivity index (χ2v) is 11.4. The number of Topliss-reactive ketones (excluding diaryl/α,β-unsaturated/α-hetero) is 1. The maximum atomic E-state index is 15.3. The highest BCUT2D eigenvalue weighted by Gasteiger charge is 2.21. The van der Waals surface area contributed by atoms with Gasteiger partial charge in [0.1, 0.15) is 0 Å². The number of thiophene rings is 2. The number of carbonyl (C=O) groups is 2. The van der Waals surface area contributed by atoms with Gasteiger partial charge in [-0.05, 0) is 12.1 Å². The van der Waals surface area contributed by atoms with E-state index in [0.717, 1.165) is 22.7 Å². The summed E-state index contributed by atoms with van der Waals surface area (Å²) < 4.78 is 53.2. The average molecular weight is 585 g/mol. The standard InChI is InChI=1S/C25H23F2O8PS2/c1-32-17-10-19-14(8-13(12-28)37-19)22(26)24(17)34-5-3-6-35-25-18(33-2)11-20-15(23(25)27)9-21(38-20)16(29)4-7-36(30)31/h8-12,30-31H,3-7H2,1-2H3. The van der Waals surface area contributed by atoms with E-state index in [1.165, 1.54) is 26.4 Å². The molecule has 0 amide bonds. The molecule has 2 aromatic carbocycles. The van der Waals surface area contributed by atoms with Crippen LogP contribution in [0.25, 0.3) is 20.2 Å². The molecular weight excluding hydrogens is 561 g/mol. The minimum atomic E-state index is -2.18. The van der Waals surface area contributed by atoms with Gasteiger partial charge in [0.25, 0.3) is 0 Å². The van der Waals surface area contributed by atoms with Crippen molar-refractivity contribution in [3.05, 3.63) is 45.7 Å². The third-order valence-electron chi connectivity index (χ3n) is 5.54. The molecule has 4 aromatic rings. The minimum Gasteiger partial charge on any atom is -0.493 e. The summed E-state index contributed by atoms with van der Waals surface area (Å²) in [6, 6.07) is 6.03. The molecule has 0 bridgehead atoms. The Morgan fingerprint density at radius 2 is 1.47 bits per heavy atom. The molecule has 202 valence electrons. The molecule has 0 aliphatic carbocycles. The number of benzene rings is 2. The SMILES string of the molecule is COc1cc2sc(C=O)cc2c(F)c1OCCCOc1c(OC)cc2sc(C(=O)CCP(O)O)cc2c1F. The maximum absolute atomic E-state index is 15.3. The van der Waals surface area contributed by atoms with Crippen LogP contribution in [0.15, 0.2) is 24.3 Å². The Morgan fingerprint density at radius 1 is 0.921 bits per heavy atom. The van der Waals surface area contributed by atoms with Crippen LogP contribution in [0.4, 0.5) is 8.78 Å². The van der Waals surface area contributed by atoms with Crippen molar-refractivity contribution in [3.63, 3.8) is 0 Å². The second kappa shape index (κ2) is 12.3. The Kier molecular flexibility index (Phi) is 9.11. The van der Waals surface area contributed by atoms with E-state index in [-0.39, 0.29) is 71.8 Å². The van der Waals surface area contributed by atoms with E-state index in [1.807, 2.05) is 0 Å². The van der Waals surface area contributed by atoms with Crippen LogP contribution in [0.2, 0.25) is 0 Å². The first-order valence-corrected chi connectivity index (χ1v) is 14.3. The van der Waals surface area contributed by atoms with E-state index < -0.39 is 20.0 Å². The van der Waals surface area contributed by atoms with Gasteiger partial charge in [0.15, 0.2) is 55.1 Å². The van der Waals surface area contributed by atoms with E-state index in [1.54, 1.807) is 12.1 Å². The Hall–Kier alpha value is -2.89. The van der Waals surface area contributed by atoms with Gasteiger partial charge in [0, 0.05) is 51.3 Å². The summed E-state index contributed by atoms with van der Waals surface area (Å²) in [5.74, 6) is -1.53. The Balaban J connectivity index is 1.44. The van der Waals surface area contributed by atoms with Crippen molar-refractivity contribution < 1.29 is 47.1 Å². The smallest absolute Gasteiger partial charge is 0.197 e. The van der Waals surface area contributed by atoms with Gasteiger partial charge in [-0.2, -0.15) is 0 Å². The zero-order valence-corrected chi connectivity index (χ0v) is 22.8. The van der Waals surface area contributed by atoms with Crippen LogP contribution in [-0.2, 0) is 0 Å². The molecule has 0 fully saturated rings. The predicted octanol–water partition coefficient (Wildman–Crippen LogP) is 5.94. The van der Waals surface area contributed by atoms with Crippen molar-refractivity contribution in [1.29, 1.82) is 0 Å². The zero-order chi connectivity index (χ0) is 27.4. The van der Waals surface area contributed by atoms with E-state index in [4.69, 9.17) is 28.7 Å². The molecule has 0 aliphatic rings. The summed E-state index contributed by atoms with van der Waals surface area (Å²) in [4.78, 5) is 42.2. The largest absolute Gasteiger partial charge is 0.493 e. The quantitative estimate of drug-likeness (QED) is 0.0860. The Labute approximate surface area is 225 Å². The lowest BCUT2D eigenvalue weighted by Crippen LogP contribution is -2.08. The fraction of sp³-hybridized carbons (Fsp3) is 0.280. The summed E-state index contributed by atoms with van der Waals surface area (Å²) >= 11 is 2.22. The third kappa shape index (κ3) is 5.89. The molecule has 0 radical (unpaired) electrons. The molecule has 0 aliphatic heterocycles. The molecule has 0 saturated heterocycles. The molecule has 4 rings (SSSR count). The van der Waals surface area contributed by atoms with Crippen LogP contribution in [-0.4, -0.2) is 55.5 Å². The van der Waals surface area contributed by atoms with Gasteiger partial charge < -0.3 is 28.7 Å². The summed E-state index contributed by atoms with van der Waals surface area (Å²) in [6.45, 7) is 0.0518. The Morgan fingerprint density at radius 3 is 2.00 bits per heavy atom. The fourth-order valence-electron chi connectivity index (χ4n) is 3.72. The van der Waals surface area contributed by atoms with Crippen LogP contribution in [0, 0.1) is 11.6 Å². The second-order valence-electron chi connectivity index (χ2n) is 7.96. The Bertz CT molecular complexity index is 1480. The molecule has 2 aromatic heterocycles. The van der Waals surface area contributed by atoms with Crippen molar-refractivity contribution in [1.82, 2.24) is 0 Å². The molecule has 0 unspecified atom stereocenters. The molecule has 0 spiro atoms. The number of fused-ring (bicyclic) bond motifs is 2. The fourth-order valence-corrected chi connectivity index (χ4v) is 6.08. The molecule has 2 heterocycles. The van der Waals surface area contributed by atoms with E-state index in [2.05, 4.69) is 0 Å². The number of ketones is 1. The highest BCUT2D eigenvalue weighted by molar-refractivity contribution is 7.45. The number of hydrogen-bond donors (Lipinski definition) is 2. The highest BCUT2D eigenvalue weighted by atomic mass is 32.1. The molecular formula is C25H23F2O8PS2. The number of halogens is 2. The van der Waals surface area contributed by atoms with Gasteiger partial charge in [0.2, 0.25) is 0 Å². The van der Waals surface area contributed by atoms with Crippen LogP contribution < -0.4 is 18.9 Å². The van der Waals surface area contributed by atoms with E-state index in [0.29, 0.717) is 25.4 Å². The van der Waals surface area contributed by atoms with Crippen molar-refractivity contribution >= 4 is 63.3 Å². The monoisotopic (exact) mass is 584 g/mol. The first-order chi connectivity index (χ1) is 18.3. The van der Waals surface area contributed by atoms with Gasteiger partial charge in [0.05, 0.1) is 37.2 Å². The molecule has 0 atom stereocenters. The summed E-state index contributed by atoms with van der Waals surface area (Å²) in [6.07, 6.45) is 0.804. The van der Waals surface area contributed by atoms with Gasteiger partial charge in [-0.3, -0.25) is 9.59 Å².